The Morgan fingerprint density at radius 3 is 1.38 bits per heavy atom. The molecule has 0 atom stereocenters. The molecule has 8 heteroatoms. The molecule has 0 radical (unpaired) electrons. The van der Waals surface area contributed by atoms with Crippen LogP contribution >= 0.6 is 17.2 Å². The molecule has 0 spiro atoms. The van der Waals surface area contributed by atoms with E-state index in [1.807, 2.05) is 0 Å². The van der Waals surface area contributed by atoms with E-state index >= 15 is 0 Å². The molecule has 0 N–H and O–H groups in total. The van der Waals surface area contributed by atoms with Gasteiger partial charge in [0.25, 0.3) is 0 Å². The number of fused-ring (bicyclic) bond motifs is 5. The van der Waals surface area contributed by atoms with Crippen molar-refractivity contribution in [3.05, 3.63) is 57.6 Å². The van der Waals surface area contributed by atoms with Gasteiger partial charge in [0.1, 0.15) is 11.5 Å². The van der Waals surface area contributed by atoms with Crippen molar-refractivity contribution in [2.75, 3.05) is 26.4 Å². The van der Waals surface area contributed by atoms with Gasteiger partial charge in [0.05, 0.1) is 31.8 Å². The lowest BCUT2D eigenvalue weighted by atomic mass is 9.76. The van der Waals surface area contributed by atoms with Crippen LogP contribution in [0.15, 0.2) is 24.3 Å². The van der Waals surface area contributed by atoms with E-state index < -0.39 is 17.2 Å². The fourth-order valence-electron chi connectivity index (χ4n) is 5.38. The zero-order chi connectivity index (χ0) is 30.9. The lowest BCUT2D eigenvalue weighted by Gasteiger charge is -2.43. The summed E-state index contributed by atoms with van der Waals surface area (Å²) in [6.45, 7) is 29.2. The molecule has 4 heterocycles. The van der Waals surface area contributed by atoms with Gasteiger partial charge in [-0.2, -0.15) is 0 Å². The minimum absolute atomic E-state index is 0.0116. The predicted molar refractivity (Wildman–Crippen MR) is 172 cm³/mol. The SMILES string of the molecule is CC(C)(C)c1cc2c(c(C(C)(C)C)c1)OP(OCC13COP(OC1)OC3)Oc1c(cc(C(C)(C)C)cc1C(C)(C)C)C2. The second kappa shape index (κ2) is 11.0. The van der Waals surface area contributed by atoms with Gasteiger partial charge in [0.15, 0.2) is 0 Å². The summed E-state index contributed by atoms with van der Waals surface area (Å²) in [7, 11) is -3.01. The van der Waals surface area contributed by atoms with Gasteiger partial charge >= 0.3 is 17.2 Å². The van der Waals surface area contributed by atoms with E-state index in [-0.39, 0.29) is 27.1 Å². The van der Waals surface area contributed by atoms with Gasteiger partial charge in [-0.3, -0.25) is 4.52 Å². The molecule has 2 aromatic rings. The first-order valence-corrected chi connectivity index (χ1v) is 17.3. The summed E-state index contributed by atoms with van der Waals surface area (Å²) >= 11 is 0. The topological polar surface area (TPSA) is 55.4 Å². The van der Waals surface area contributed by atoms with Gasteiger partial charge in [-0.1, -0.05) is 107 Å². The minimum atomic E-state index is -1.80. The van der Waals surface area contributed by atoms with Gasteiger partial charge in [-0.25, -0.2) is 0 Å². The van der Waals surface area contributed by atoms with E-state index in [2.05, 4.69) is 107 Å². The van der Waals surface area contributed by atoms with E-state index in [0.717, 1.165) is 17.9 Å². The Labute approximate surface area is 256 Å². The first kappa shape index (κ1) is 32.1. The molecule has 42 heavy (non-hydrogen) atoms. The van der Waals surface area contributed by atoms with Gasteiger partial charge in [-0.05, 0) is 43.9 Å². The summed E-state index contributed by atoms with van der Waals surface area (Å²) < 4.78 is 37.7. The normalized spacial score (nSPS) is 23.4. The molecule has 6 rings (SSSR count). The average molecular weight is 617 g/mol. The van der Waals surface area contributed by atoms with Crippen LogP contribution in [0.2, 0.25) is 0 Å². The van der Waals surface area contributed by atoms with Crippen molar-refractivity contribution in [1.82, 2.24) is 0 Å². The summed E-state index contributed by atoms with van der Waals surface area (Å²) in [4.78, 5) is 0. The predicted octanol–water partition coefficient (Wildman–Crippen LogP) is 9.77. The third-order valence-corrected chi connectivity index (χ3v) is 10.3. The monoisotopic (exact) mass is 616 g/mol. The Morgan fingerprint density at radius 1 is 0.619 bits per heavy atom. The molecule has 0 unspecified atom stereocenters. The molecular formula is C34H50O6P2. The zero-order valence-corrected chi connectivity index (χ0v) is 29.5. The Balaban J connectivity index is 1.68. The van der Waals surface area contributed by atoms with E-state index in [9.17, 15) is 0 Å². The molecular weight excluding hydrogens is 566 g/mol. The number of benzene rings is 2. The van der Waals surface area contributed by atoms with Crippen LogP contribution in [0.5, 0.6) is 11.5 Å². The van der Waals surface area contributed by atoms with Gasteiger partial charge in [0.2, 0.25) is 0 Å². The Kier molecular flexibility index (Phi) is 8.39. The third kappa shape index (κ3) is 6.70. The van der Waals surface area contributed by atoms with Crippen LogP contribution < -0.4 is 9.05 Å². The minimum Gasteiger partial charge on any atom is -0.417 e. The van der Waals surface area contributed by atoms with Crippen molar-refractivity contribution in [1.29, 1.82) is 0 Å². The molecule has 0 saturated carbocycles. The van der Waals surface area contributed by atoms with Gasteiger partial charge in [-0.15, -0.1) is 0 Å². The van der Waals surface area contributed by atoms with E-state index in [1.165, 1.54) is 33.4 Å². The summed E-state index contributed by atoms with van der Waals surface area (Å²) in [5.74, 6) is 1.76. The highest BCUT2D eigenvalue weighted by molar-refractivity contribution is 7.42. The summed E-state index contributed by atoms with van der Waals surface area (Å²) in [6.07, 6.45) is 0.719. The van der Waals surface area contributed by atoms with Crippen LogP contribution in [0.3, 0.4) is 0 Å². The summed E-state index contributed by atoms with van der Waals surface area (Å²) in [5.41, 5.74) is 6.62. The third-order valence-electron chi connectivity index (χ3n) is 8.30. The van der Waals surface area contributed by atoms with Crippen molar-refractivity contribution in [2.45, 2.75) is 111 Å². The molecule has 4 aliphatic rings. The largest absolute Gasteiger partial charge is 0.463 e. The number of rotatable bonds is 3. The highest BCUT2D eigenvalue weighted by Gasteiger charge is 2.46. The van der Waals surface area contributed by atoms with Crippen molar-refractivity contribution in [2.24, 2.45) is 5.41 Å². The smallest absolute Gasteiger partial charge is 0.417 e. The molecule has 4 aliphatic heterocycles. The molecule has 232 valence electrons. The van der Waals surface area contributed by atoms with Crippen LogP contribution in [0.1, 0.15) is 116 Å². The molecule has 0 amide bonds. The summed E-state index contributed by atoms with van der Waals surface area (Å²) in [5, 5.41) is 0. The molecule has 2 aromatic carbocycles. The zero-order valence-electron chi connectivity index (χ0n) is 27.7. The van der Waals surface area contributed by atoms with E-state index in [1.54, 1.807) is 0 Å². The average Bonchev–Trinajstić information content (AvgIpc) is 2.86. The highest BCUT2D eigenvalue weighted by atomic mass is 31.2. The second-order valence-electron chi connectivity index (χ2n) is 16.4. The van der Waals surface area contributed by atoms with Crippen molar-refractivity contribution in [3.63, 3.8) is 0 Å². The molecule has 0 aromatic heterocycles. The fourth-order valence-corrected chi connectivity index (χ4v) is 7.99. The molecule has 3 saturated heterocycles. The fraction of sp³-hybridized carbons (Fsp3) is 0.647. The standard InChI is InChI=1S/C34H50O6P2/c1-30(2,3)24-14-22-13-23-15-25(31(4,5)6)17-27(33(10,11)12)29(23)40-42(39-28(22)26(16-24)32(7,8)9)38-21-34-18-35-41(36-19-34)37-20-34/h14-17H,13,18-21H2,1-12H3. The molecule has 3 fully saturated rings. The van der Waals surface area contributed by atoms with Gasteiger partial charge < -0.3 is 22.6 Å². The maximum Gasteiger partial charge on any atom is 0.463 e. The maximum absolute atomic E-state index is 6.88. The lowest BCUT2D eigenvalue weighted by Crippen LogP contribution is -2.46. The van der Waals surface area contributed by atoms with E-state index in [4.69, 9.17) is 27.1 Å². The van der Waals surface area contributed by atoms with Crippen molar-refractivity contribution < 1.29 is 27.1 Å². The highest BCUT2D eigenvalue weighted by Crippen LogP contribution is 2.56. The lowest BCUT2D eigenvalue weighted by molar-refractivity contribution is -0.0926. The van der Waals surface area contributed by atoms with Crippen molar-refractivity contribution in [3.8, 4) is 11.5 Å². The first-order chi connectivity index (χ1) is 19.3. The van der Waals surface area contributed by atoms with Crippen LogP contribution in [0.4, 0.5) is 0 Å². The first-order valence-electron chi connectivity index (χ1n) is 15.1. The van der Waals surface area contributed by atoms with Gasteiger partial charge in [0, 0.05) is 17.5 Å². The van der Waals surface area contributed by atoms with Crippen LogP contribution in [0, 0.1) is 5.41 Å². The van der Waals surface area contributed by atoms with Crippen molar-refractivity contribution >= 4 is 17.2 Å². The van der Waals surface area contributed by atoms with Crippen LogP contribution in [-0.4, -0.2) is 26.4 Å². The second-order valence-corrected chi connectivity index (χ2v) is 18.7. The molecule has 6 nitrogen and oxygen atoms in total. The number of hydrogen-bond donors (Lipinski definition) is 0. The summed E-state index contributed by atoms with van der Waals surface area (Å²) in [6, 6.07) is 9.32. The van der Waals surface area contributed by atoms with Crippen LogP contribution in [-0.2, 0) is 46.2 Å². The maximum atomic E-state index is 6.88. The molecule has 0 aliphatic carbocycles. The van der Waals surface area contributed by atoms with E-state index in [0.29, 0.717) is 26.4 Å². The number of hydrogen-bond acceptors (Lipinski definition) is 6. The quantitative estimate of drug-likeness (QED) is 0.320. The Bertz CT molecular complexity index is 1220. The van der Waals surface area contributed by atoms with Crippen LogP contribution in [0.25, 0.3) is 0 Å². The Hall–Kier alpha value is -1.26. The molecule has 2 bridgehead atoms. The Morgan fingerprint density at radius 2 is 1.02 bits per heavy atom.